The molecule has 5 heteroatoms. The third kappa shape index (κ3) is 4.35. The van der Waals surface area contributed by atoms with Crippen LogP contribution < -0.4 is 0 Å². The predicted octanol–water partition coefficient (Wildman–Crippen LogP) is 6.67. The second kappa shape index (κ2) is 8.47. The molecule has 1 heterocycles. The van der Waals surface area contributed by atoms with Crippen LogP contribution in [0.15, 0.2) is 30.3 Å². The lowest BCUT2D eigenvalue weighted by Crippen LogP contribution is -2.42. The lowest BCUT2D eigenvalue weighted by atomic mass is 9.83. The zero-order valence-corrected chi connectivity index (χ0v) is 16.7. The average Bonchev–Trinajstić information content (AvgIpc) is 2.71. The number of hydrogen-bond donors (Lipinski definition) is 0. The van der Waals surface area contributed by atoms with Crippen molar-refractivity contribution in [3.63, 3.8) is 0 Å². The maximum absolute atomic E-state index is 14.7. The molecule has 1 nitrogen and oxygen atoms in total. The Morgan fingerprint density at radius 2 is 1.34 bits per heavy atom. The van der Waals surface area contributed by atoms with E-state index in [0.717, 1.165) is 44.0 Å². The average molecular weight is 405 g/mol. The van der Waals surface area contributed by atoms with Crippen LogP contribution in [-0.2, 0) is 0 Å². The molecule has 0 bridgehead atoms. The van der Waals surface area contributed by atoms with Gasteiger partial charge in [0.1, 0.15) is 11.6 Å². The second-order valence-electron chi connectivity index (χ2n) is 8.71. The number of piperidine rings is 1. The summed E-state index contributed by atoms with van der Waals surface area (Å²) in [5.41, 5.74) is 0.358. The van der Waals surface area contributed by atoms with Crippen molar-refractivity contribution in [1.29, 1.82) is 0 Å². The molecule has 2 fully saturated rings. The van der Waals surface area contributed by atoms with Crippen LogP contribution in [0.1, 0.15) is 56.9 Å². The van der Waals surface area contributed by atoms with Crippen LogP contribution in [0.2, 0.25) is 0 Å². The van der Waals surface area contributed by atoms with E-state index in [1.807, 2.05) is 0 Å². The number of benzene rings is 2. The SMILES string of the molecule is CC1CCC(N2CCC(c3cc(F)c(-c4ccc(F)c(F)c4)c(F)c3)CC2)CC1. The van der Waals surface area contributed by atoms with Crippen molar-refractivity contribution in [1.82, 2.24) is 4.90 Å². The molecular formula is C24H27F4N. The standard InChI is InChI=1S/C24H27F4N/c1-15-2-5-19(6-3-15)29-10-8-16(9-11-29)18-13-22(27)24(23(28)14-18)17-4-7-20(25)21(26)12-17/h4,7,12-16,19H,2-3,5-6,8-11H2,1H3. The van der Waals surface area contributed by atoms with Gasteiger partial charge in [0.2, 0.25) is 0 Å². The van der Waals surface area contributed by atoms with E-state index in [2.05, 4.69) is 11.8 Å². The van der Waals surface area contributed by atoms with E-state index >= 15 is 0 Å². The molecule has 2 aromatic rings. The quantitative estimate of drug-likeness (QED) is 0.516. The lowest BCUT2D eigenvalue weighted by Gasteiger charge is -2.40. The first-order chi connectivity index (χ1) is 13.9. The summed E-state index contributed by atoms with van der Waals surface area (Å²) in [6.45, 7) is 4.23. The molecule has 1 saturated heterocycles. The van der Waals surface area contributed by atoms with Gasteiger partial charge in [-0.2, -0.15) is 0 Å². The first-order valence-corrected chi connectivity index (χ1v) is 10.6. The Kier molecular flexibility index (Phi) is 5.95. The van der Waals surface area contributed by atoms with Crippen LogP contribution >= 0.6 is 0 Å². The number of halogens is 4. The molecule has 4 rings (SSSR count). The van der Waals surface area contributed by atoms with Crippen molar-refractivity contribution in [3.8, 4) is 11.1 Å². The molecule has 0 radical (unpaired) electrons. The fraction of sp³-hybridized carbons (Fsp3) is 0.500. The highest BCUT2D eigenvalue weighted by Crippen LogP contribution is 2.36. The molecule has 0 aromatic heterocycles. The summed E-state index contributed by atoms with van der Waals surface area (Å²) in [4.78, 5) is 2.55. The Bertz CT molecular complexity index is 842. The topological polar surface area (TPSA) is 3.24 Å². The Hall–Kier alpha value is -1.88. The predicted molar refractivity (Wildman–Crippen MR) is 107 cm³/mol. The number of hydrogen-bond acceptors (Lipinski definition) is 1. The molecule has 0 unspecified atom stereocenters. The van der Waals surface area contributed by atoms with Gasteiger partial charge in [0, 0.05) is 6.04 Å². The third-order valence-electron chi connectivity index (χ3n) is 6.78. The van der Waals surface area contributed by atoms with E-state index in [1.54, 1.807) is 0 Å². The van der Waals surface area contributed by atoms with Crippen LogP contribution in [0.5, 0.6) is 0 Å². The van der Waals surface area contributed by atoms with Gasteiger partial charge < -0.3 is 4.90 Å². The summed E-state index contributed by atoms with van der Waals surface area (Å²) in [5.74, 6) is -2.66. The van der Waals surface area contributed by atoms with Gasteiger partial charge >= 0.3 is 0 Å². The van der Waals surface area contributed by atoms with Gasteiger partial charge in [-0.3, -0.25) is 0 Å². The lowest BCUT2D eigenvalue weighted by molar-refractivity contribution is 0.110. The van der Waals surface area contributed by atoms with E-state index in [9.17, 15) is 17.6 Å². The zero-order chi connectivity index (χ0) is 20.5. The number of rotatable bonds is 3. The summed E-state index contributed by atoms with van der Waals surface area (Å²) < 4.78 is 56.1. The van der Waals surface area contributed by atoms with E-state index < -0.39 is 23.3 Å². The molecule has 0 spiro atoms. The number of likely N-dealkylation sites (tertiary alicyclic amines) is 1. The molecule has 1 saturated carbocycles. The van der Waals surface area contributed by atoms with Gasteiger partial charge in [-0.25, -0.2) is 17.6 Å². The van der Waals surface area contributed by atoms with Crippen LogP contribution in [0.4, 0.5) is 17.6 Å². The van der Waals surface area contributed by atoms with Crippen LogP contribution in [0, 0.1) is 29.2 Å². The fourth-order valence-electron chi connectivity index (χ4n) is 4.96. The van der Waals surface area contributed by atoms with Gasteiger partial charge in [0.15, 0.2) is 11.6 Å². The van der Waals surface area contributed by atoms with Crippen LogP contribution in [0.25, 0.3) is 11.1 Å². The van der Waals surface area contributed by atoms with Gasteiger partial charge in [0.25, 0.3) is 0 Å². The maximum atomic E-state index is 14.7. The summed E-state index contributed by atoms with van der Waals surface area (Å²) in [6.07, 6.45) is 6.83. The van der Waals surface area contributed by atoms with E-state index in [1.165, 1.54) is 43.9 Å². The third-order valence-corrected chi connectivity index (χ3v) is 6.78. The van der Waals surface area contributed by atoms with E-state index in [4.69, 9.17) is 0 Å². The fourth-order valence-corrected chi connectivity index (χ4v) is 4.96. The zero-order valence-electron chi connectivity index (χ0n) is 16.7. The minimum atomic E-state index is -1.12. The van der Waals surface area contributed by atoms with Crippen molar-refractivity contribution in [3.05, 3.63) is 59.2 Å². The highest BCUT2D eigenvalue weighted by molar-refractivity contribution is 5.65. The molecule has 0 atom stereocenters. The molecule has 1 aliphatic carbocycles. The molecule has 0 N–H and O–H groups in total. The Morgan fingerprint density at radius 1 is 0.724 bits per heavy atom. The van der Waals surface area contributed by atoms with Crippen molar-refractivity contribution < 1.29 is 17.6 Å². The number of nitrogens with zero attached hydrogens (tertiary/aromatic N) is 1. The van der Waals surface area contributed by atoms with E-state index in [-0.39, 0.29) is 17.0 Å². The Labute approximate surface area is 169 Å². The normalized spacial score (nSPS) is 24.0. The Morgan fingerprint density at radius 3 is 1.93 bits per heavy atom. The van der Waals surface area contributed by atoms with Gasteiger partial charge in [-0.15, -0.1) is 0 Å². The Balaban J connectivity index is 1.47. The molecular weight excluding hydrogens is 378 g/mol. The molecule has 2 aromatic carbocycles. The van der Waals surface area contributed by atoms with Gasteiger partial charge in [0.05, 0.1) is 5.56 Å². The highest BCUT2D eigenvalue weighted by Gasteiger charge is 2.29. The molecule has 29 heavy (non-hydrogen) atoms. The molecule has 2 aliphatic rings. The van der Waals surface area contributed by atoms with Crippen molar-refractivity contribution >= 4 is 0 Å². The largest absolute Gasteiger partial charge is 0.300 e. The summed E-state index contributed by atoms with van der Waals surface area (Å²) >= 11 is 0. The van der Waals surface area contributed by atoms with Gasteiger partial charge in [-0.1, -0.05) is 13.0 Å². The first kappa shape index (κ1) is 20.4. The minimum absolute atomic E-state index is 0.00629. The van der Waals surface area contributed by atoms with E-state index in [0.29, 0.717) is 11.6 Å². The second-order valence-corrected chi connectivity index (χ2v) is 8.71. The summed E-state index contributed by atoms with van der Waals surface area (Å²) in [5, 5.41) is 0. The van der Waals surface area contributed by atoms with Crippen molar-refractivity contribution in [2.75, 3.05) is 13.1 Å². The first-order valence-electron chi connectivity index (χ1n) is 10.6. The van der Waals surface area contributed by atoms with Crippen LogP contribution in [-0.4, -0.2) is 24.0 Å². The summed E-state index contributed by atoms with van der Waals surface area (Å²) in [7, 11) is 0. The molecule has 1 aliphatic heterocycles. The molecule has 0 amide bonds. The molecule has 156 valence electrons. The maximum Gasteiger partial charge on any atom is 0.159 e. The highest BCUT2D eigenvalue weighted by atomic mass is 19.2. The van der Waals surface area contributed by atoms with Crippen LogP contribution in [0.3, 0.4) is 0 Å². The monoisotopic (exact) mass is 405 g/mol. The summed E-state index contributed by atoms with van der Waals surface area (Å²) in [6, 6.07) is 6.30. The smallest absolute Gasteiger partial charge is 0.159 e. The van der Waals surface area contributed by atoms with Gasteiger partial charge in [-0.05, 0) is 98.8 Å². The van der Waals surface area contributed by atoms with Crippen molar-refractivity contribution in [2.24, 2.45) is 5.92 Å². The minimum Gasteiger partial charge on any atom is -0.300 e. The van der Waals surface area contributed by atoms with Crippen molar-refractivity contribution in [2.45, 2.75) is 57.4 Å².